The van der Waals surface area contributed by atoms with Crippen LogP contribution >= 0.6 is 0 Å². The quantitative estimate of drug-likeness (QED) is 0.766. The zero-order valence-electron chi connectivity index (χ0n) is 10.5. The van der Waals surface area contributed by atoms with Crippen molar-refractivity contribution in [2.75, 3.05) is 12.4 Å². The van der Waals surface area contributed by atoms with Crippen molar-refractivity contribution in [1.82, 2.24) is 25.0 Å². The number of rotatable bonds is 3. The Morgan fingerprint density at radius 1 is 1.21 bits per heavy atom. The van der Waals surface area contributed by atoms with Gasteiger partial charge in [-0.1, -0.05) is 5.10 Å². The van der Waals surface area contributed by atoms with Gasteiger partial charge < -0.3 is 10.1 Å². The zero-order chi connectivity index (χ0) is 13.2. The number of tetrazole rings is 1. The van der Waals surface area contributed by atoms with Gasteiger partial charge in [0.15, 0.2) is 0 Å². The average molecular weight is 256 g/mol. The molecule has 0 atom stereocenters. The van der Waals surface area contributed by atoms with E-state index in [1.165, 1.54) is 0 Å². The molecule has 1 N–H and O–H groups in total. The van der Waals surface area contributed by atoms with Crippen LogP contribution in [0.5, 0.6) is 5.75 Å². The third-order valence-electron chi connectivity index (χ3n) is 2.67. The number of aryl methyl sites for hydroxylation is 1. The number of methoxy groups -OCH3 is 1. The molecule has 2 heterocycles. The Hall–Kier alpha value is -2.70. The van der Waals surface area contributed by atoms with Crippen molar-refractivity contribution in [3.05, 3.63) is 36.0 Å². The van der Waals surface area contributed by atoms with Crippen LogP contribution in [0.4, 0.5) is 11.5 Å². The summed E-state index contributed by atoms with van der Waals surface area (Å²) >= 11 is 0. The molecular formula is C12H12N6O. The highest BCUT2D eigenvalue weighted by Gasteiger charge is 2.06. The van der Waals surface area contributed by atoms with E-state index in [1.807, 2.05) is 37.3 Å². The van der Waals surface area contributed by atoms with Crippen molar-refractivity contribution in [3.8, 4) is 5.75 Å². The van der Waals surface area contributed by atoms with Gasteiger partial charge >= 0.3 is 0 Å². The summed E-state index contributed by atoms with van der Waals surface area (Å²) in [5.74, 6) is 2.04. The molecule has 3 aromatic rings. The van der Waals surface area contributed by atoms with E-state index in [1.54, 1.807) is 11.6 Å². The van der Waals surface area contributed by atoms with Crippen LogP contribution in [0.2, 0.25) is 0 Å². The second kappa shape index (κ2) is 4.52. The zero-order valence-corrected chi connectivity index (χ0v) is 10.5. The smallest absolute Gasteiger partial charge is 0.275 e. The van der Waals surface area contributed by atoms with E-state index in [2.05, 4.69) is 25.8 Å². The van der Waals surface area contributed by atoms with E-state index >= 15 is 0 Å². The molecule has 7 nitrogen and oxygen atoms in total. The molecule has 0 bridgehead atoms. The van der Waals surface area contributed by atoms with Crippen LogP contribution in [0.3, 0.4) is 0 Å². The third kappa shape index (κ3) is 2.17. The first-order valence-electron chi connectivity index (χ1n) is 5.73. The second-order valence-corrected chi connectivity index (χ2v) is 4.03. The molecule has 0 spiro atoms. The molecule has 7 heteroatoms. The van der Waals surface area contributed by atoms with Gasteiger partial charge in [0.05, 0.1) is 7.11 Å². The van der Waals surface area contributed by atoms with Crippen LogP contribution in [-0.4, -0.2) is 32.1 Å². The van der Waals surface area contributed by atoms with Crippen molar-refractivity contribution >= 4 is 17.3 Å². The van der Waals surface area contributed by atoms with Gasteiger partial charge in [0, 0.05) is 17.4 Å². The highest BCUT2D eigenvalue weighted by Crippen LogP contribution is 2.20. The molecule has 0 radical (unpaired) electrons. The average Bonchev–Trinajstić information content (AvgIpc) is 2.88. The summed E-state index contributed by atoms with van der Waals surface area (Å²) in [5.41, 5.74) is 1.77. The number of hydrogen-bond donors (Lipinski definition) is 1. The number of ether oxygens (including phenoxy) is 1. The maximum atomic E-state index is 5.12. The fourth-order valence-corrected chi connectivity index (χ4v) is 1.77. The molecule has 0 saturated heterocycles. The Kier molecular flexibility index (Phi) is 2.71. The van der Waals surface area contributed by atoms with Gasteiger partial charge in [-0.3, -0.25) is 0 Å². The number of nitrogens with one attached hydrogen (secondary N) is 1. The second-order valence-electron chi connectivity index (χ2n) is 4.03. The number of anilines is 2. The van der Waals surface area contributed by atoms with Gasteiger partial charge in [-0.15, -0.1) is 0 Å². The summed E-state index contributed by atoms with van der Waals surface area (Å²) in [7, 11) is 1.64. The Morgan fingerprint density at radius 3 is 2.74 bits per heavy atom. The van der Waals surface area contributed by atoms with Crippen molar-refractivity contribution in [2.24, 2.45) is 0 Å². The van der Waals surface area contributed by atoms with Gasteiger partial charge in [-0.05, 0) is 41.6 Å². The molecule has 2 aromatic heterocycles. The first-order chi connectivity index (χ1) is 9.26. The lowest BCUT2D eigenvalue weighted by molar-refractivity contribution is 0.415. The minimum absolute atomic E-state index is 0.469. The number of nitrogens with zero attached hydrogens (tertiary/aromatic N) is 5. The first kappa shape index (κ1) is 11.4. The van der Waals surface area contributed by atoms with Crippen molar-refractivity contribution in [3.63, 3.8) is 0 Å². The molecule has 3 rings (SSSR count). The Balaban J connectivity index is 1.97. The number of hydrogen-bond acceptors (Lipinski definition) is 6. The van der Waals surface area contributed by atoms with Crippen LogP contribution in [0.25, 0.3) is 5.78 Å². The third-order valence-corrected chi connectivity index (χ3v) is 2.67. The molecule has 19 heavy (non-hydrogen) atoms. The molecule has 0 fully saturated rings. The molecule has 1 aromatic carbocycles. The number of benzene rings is 1. The SMILES string of the molecule is COc1ccc(Nc2cc(C)nc3nnnn23)cc1. The summed E-state index contributed by atoms with van der Waals surface area (Å²) < 4.78 is 6.67. The molecule has 96 valence electrons. The van der Waals surface area contributed by atoms with Crippen LogP contribution in [0.15, 0.2) is 30.3 Å². The van der Waals surface area contributed by atoms with Gasteiger partial charge in [0.1, 0.15) is 11.6 Å². The highest BCUT2D eigenvalue weighted by molar-refractivity contribution is 5.59. The van der Waals surface area contributed by atoms with Crippen LogP contribution in [-0.2, 0) is 0 Å². The molecule has 0 aliphatic heterocycles. The van der Waals surface area contributed by atoms with Gasteiger partial charge in [0.25, 0.3) is 5.78 Å². The molecular weight excluding hydrogens is 244 g/mol. The number of aromatic nitrogens is 5. The molecule has 0 amide bonds. The molecule has 0 aliphatic carbocycles. The summed E-state index contributed by atoms with van der Waals surface area (Å²) in [6.07, 6.45) is 0. The van der Waals surface area contributed by atoms with Crippen molar-refractivity contribution < 1.29 is 4.74 Å². The first-order valence-corrected chi connectivity index (χ1v) is 5.73. The predicted molar refractivity (Wildman–Crippen MR) is 69.6 cm³/mol. The van der Waals surface area contributed by atoms with E-state index in [0.717, 1.165) is 22.9 Å². The summed E-state index contributed by atoms with van der Waals surface area (Å²) in [6, 6.07) is 9.49. The van der Waals surface area contributed by atoms with E-state index < -0.39 is 0 Å². The van der Waals surface area contributed by atoms with E-state index in [4.69, 9.17) is 4.74 Å². The fraction of sp³-hybridized carbons (Fsp3) is 0.167. The Morgan fingerprint density at radius 2 is 2.00 bits per heavy atom. The monoisotopic (exact) mass is 256 g/mol. The maximum Gasteiger partial charge on any atom is 0.275 e. The molecule has 0 aliphatic rings. The van der Waals surface area contributed by atoms with Gasteiger partial charge in [-0.25, -0.2) is 4.98 Å². The summed E-state index contributed by atoms with van der Waals surface area (Å²) in [4.78, 5) is 4.23. The standard InChI is InChI=1S/C12H12N6O/c1-8-7-11(18-12(13-8)15-16-17-18)14-9-3-5-10(19-2)6-4-9/h3-7,14H,1-2H3. The predicted octanol–water partition coefficient (Wildman–Crippen LogP) is 1.58. The lowest BCUT2D eigenvalue weighted by Crippen LogP contribution is -2.02. The number of fused-ring (bicyclic) bond motifs is 1. The normalized spacial score (nSPS) is 10.6. The Labute approximate surface area is 109 Å². The highest BCUT2D eigenvalue weighted by atomic mass is 16.5. The van der Waals surface area contributed by atoms with Crippen LogP contribution in [0.1, 0.15) is 5.69 Å². The summed E-state index contributed by atoms with van der Waals surface area (Å²) in [5, 5.41) is 14.6. The summed E-state index contributed by atoms with van der Waals surface area (Å²) in [6.45, 7) is 1.90. The van der Waals surface area contributed by atoms with Crippen LogP contribution in [0, 0.1) is 6.92 Å². The van der Waals surface area contributed by atoms with E-state index in [9.17, 15) is 0 Å². The maximum absolute atomic E-state index is 5.12. The van der Waals surface area contributed by atoms with E-state index in [0.29, 0.717) is 5.78 Å². The lowest BCUT2D eigenvalue weighted by Gasteiger charge is -2.08. The lowest BCUT2D eigenvalue weighted by atomic mass is 10.3. The van der Waals surface area contributed by atoms with Gasteiger partial charge in [-0.2, -0.15) is 4.52 Å². The Bertz CT molecular complexity index is 706. The van der Waals surface area contributed by atoms with Crippen LogP contribution < -0.4 is 10.1 Å². The van der Waals surface area contributed by atoms with Crippen molar-refractivity contribution in [1.29, 1.82) is 0 Å². The fourth-order valence-electron chi connectivity index (χ4n) is 1.77. The molecule has 0 saturated carbocycles. The van der Waals surface area contributed by atoms with E-state index in [-0.39, 0.29) is 0 Å². The van der Waals surface area contributed by atoms with Crippen molar-refractivity contribution in [2.45, 2.75) is 6.92 Å². The minimum atomic E-state index is 0.469. The minimum Gasteiger partial charge on any atom is -0.497 e. The topological polar surface area (TPSA) is 77.2 Å². The van der Waals surface area contributed by atoms with Gasteiger partial charge in [0.2, 0.25) is 0 Å². The largest absolute Gasteiger partial charge is 0.497 e. The molecule has 0 unspecified atom stereocenters.